The van der Waals surface area contributed by atoms with E-state index in [1.807, 2.05) is 57.4 Å². The lowest BCUT2D eigenvalue weighted by molar-refractivity contribution is -0.140. The van der Waals surface area contributed by atoms with Crippen molar-refractivity contribution in [2.24, 2.45) is 0 Å². The first-order valence-corrected chi connectivity index (χ1v) is 18.1. The zero-order valence-electron chi connectivity index (χ0n) is 26.1. The van der Waals surface area contributed by atoms with Crippen molar-refractivity contribution in [3.8, 4) is 0 Å². The Morgan fingerprint density at radius 2 is 1.50 bits per heavy atom. The summed E-state index contributed by atoms with van der Waals surface area (Å²) in [5.41, 5.74) is 2.74. The fourth-order valence-electron chi connectivity index (χ4n) is 4.88. The number of aryl methyl sites for hydroxylation is 1. The molecule has 11 heteroatoms. The van der Waals surface area contributed by atoms with Gasteiger partial charge in [0.25, 0.3) is 10.0 Å². The van der Waals surface area contributed by atoms with Crippen LogP contribution >= 0.6 is 35.0 Å². The van der Waals surface area contributed by atoms with Crippen molar-refractivity contribution in [2.75, 3.05) is 17.1 Å². The summed E-state index contributed by atoms with van der Waals surface area (Å²) in [5.74, 6) is -0.916. The molecule has 7 nitrogen and oxygen atoms in total. The molecule has 4 aromatic rings. The van der Waals surface area contributed by atoms with Gasteiger partial charge >= 0.3 is 0 Å². The van der Waals surface area contributed by atoms with E-state index in [4.69, 9.17) is 23.2 Å². The van der Waals surface area contributed by atoms with E-state index in [0.717, 1.165) is 20.3 Å². The van der Waals surface area contributed by atoms with Gasteiger partial charge in [0.2, 0.25) is 11.8 Å². The topological polar surface area (TPSA) is 86.8 Å². The quantitative estimate of drug-likeness (QED) is 0.147. The number of nitrogens with one attached hydrogen (secondary N) is 1. The van der Waals surface area contributed by atoms with Gasteiger partial charge in [-0.05, 0) is 86.7 Å². The molecule has 1 atom stereocenters. The largest absolute Gasteiger partial charge is 0.352 e. The lowest BCUT2D eigenvalue weighted by atomic mass is 10.0. The van der Waals surface area contributed by atoms with E-state index >= 15 is 0 Å². The standard InChI is InChI=1S/C35H37Cl2N3O4S2/c1-24(2)38-35(42)33(21-26-8-6-5-7-9-26)39(22-27-12-19-31(36)32(37)20-27)34(41)23-40(28-13-10-25(3)11-14-28)46(43,44)30-17-15-29(45-4)16-18-30/h5-20,24,33H,21-23H2,1-4H3,(H,38,42)/t33-/m1/s1. The van der Waals surface area contributed by atoms with Crippen LogP contribution < -0.4 is 9.62 Å². The predicted molar refractivity (Wildman–Crippen MR) is 188 cm³/mol. The maximum atomic E-state index is 14.5. The van der Waals surface area contributed by atoms with Crippen LogP contribution in [0.1, 0.15) is 30.5 Å². The Labute approximate surface area is 286 Å². The van der Waals surface area contributed by atoms with Crippen molar-refractivity contribution in [3.63, 3.8) is 0 Å². The molecule has 46 heavy (non-hydrogen) atoms. The minimum atomic E-state index is -4.19. The van der Waals surface area contributed by atoms with Gasteiger partial charge in [-0.3, -0.25) is 13.9 Å². The van der Waals surface area contributed by atoms with Crippen LogP contribution in [0.2, 0.25) is 10.0 Å². The van der Waals surface area contributed by atoms with Crippen molar-refractivity contribution < 1.29 is 18.0 Å². The third-order valence-corrected chi connectivity index (χ3v) is 10.6. The Balaban J connectivity index is 1.81. The van der Waals surface area contributed by atoms with Crippen LogP contribution in [0.5, 0.6) is 0 Å². The van der Waals surface area contributed by atoms with E-state index < -0.39 is 28.5 Å². The molecule has 0 heterocycles. The van der Waals surface area contributed by atoms with Gasteiger partial charge in [0.1, 0.15) is 12.6 Å². The zero-order chi connectivity index (χ0) is 33.4. The molecule has 4 rings (SSSR count). The number of hydrogen-bond donors (Lipinski definition) is 1. The normalized spacial score (nSPS) is 12.1. The van der Waals surface area contributed by atoms with Crippen LogP contribution in [0.25, 0.3) is 0 Å². The summed E-state index contributed by atoms with van der Waals surface area (Å²) >= 11 is 14.0. The average molecular weight is 699 g/mol. The fraction of sp³-hybridized carbons (Fsp3) is 0.257. The van der Waals surface area contributed by atoms with E-state index in [1.165, 1.54) is 28.8 Å². The third-order valence-electron chi connectivity index (χ3n) is 7.29. The van der Waals surface area contributed by atoms with Gasteiger partial charge in [0.05, 0.1) is 20.6 Å². The van der Waals surface area contributed by atoms with Gasteiger partial charge in [0.15, 0.2) is 0 Å². The van der Waals surface area contributed by atoms with E-state index in [9.17, 15) is 18.0 Å². The molecule has 242 valence electrons. The molecular formula is C35H37Cl2N3O4S2. The number of anilines is 1. The fourth-order valence-corrected chi connectivity index (χ4v) is 7.03. The Bertz CT molecular complexity index is 1750. The Hall–Kier alpha value is -3.50. The summed E-state index contributed by atoms with van der Waals surface area (Å²) in [6, 6.07) is 26.7. The smallest absolute Gasteiger partial charge is 0.264 e. The molecule has 4 aromatic carbocycles. The Kier molecular flexibility index (Phi) is 12.2. The maximum absolute atomic E-state index is 14.5. The van der Waals surface area contributed by atoms with Crippen LogP contribution in [0.3, 0.4) is 0 Å². The van der Waals surface area contributed by atoms with Crippen LogP contribution in [0.4, 0.5) is 5.69 Å². The molecule has 0 aliphatic rings. The molecule has 0 unspecified atom stereocenters. The summed E-state index contributed by atoms with van der Waals surface area (Å²) in [6.45, 7) is 5.03. The molecule has 0 saturated heterocycles. The molecule has 0 saturated carbocycles. The van der Waals surface area contributed by atoms with Gasteiger partial charge < -0.3 is 10.2 Å². The van der Waals surface area contributed by atoms with Crippen LogP contribution in [-0.2, 0) is 32.6 Å². The Morgan fingerprint density at radius 3 is 2.09 bits per heavy atom. The minimum Gasteiger partial charge on any atom is -0.352 e. The summed E-state index contributed by atoms with van der Waals surface area (Å²) < 4.78 is 29.5. The number of nitrogens with zero attached hydrogens (tertiary/aromatic N) is 2. The predicted octanol–water partition coefficient (Wildman–Crippen LogP) is 7.38. The van der Waals surface area contributed by atoms with Crippen LogP contribution in [-0.4, -0.2) is 50.0 Å². The molecule has 0 aromatic heterocycles. The van der Waals surface area contributed by atoms with Crippen molar-refractivity contribution in [2.45, 2.75) is 55.6 Å². The average Bonchev–Trinajstić information content (AvgIpc) is 3.03. The second-order valence-corrected chi connectivity index (χ2v) is 14.7. The van der Waals surface area contributed by atoms with E-state index in [-0.39, 0.29) is 29.8 Å². The summed E-state index contributed by atoms with van der Waals surface area (Å²) in [4.78, 5) is 30.7. The van der Waals surface area contributed by atoms with Crippen molar-refractivity contribution in [3.05, 3.63) is 124 Å². The van der Waals surface area contributed by atoms with E-state index in [0.29, 0.717) is 21.3 Å². The van der Waals surface area contributed by atoms with Crippen LogP contribution in [0.15, 0.2) is 107 Å². The highest BCUT2D eigenvalue weighted by atomic mass is 35.5. The van der Waals surface area contributed by atoms with Gasteiger partial charge in [-0.25, -0.2) is 8.42 Å². The number of thioether (sulfide) groups is 1. The second-order valence-electron chi connectivity index (χ2n) is 11.2. The van der Waals surface area contributed by atoms with E-state index in [2.05, 4.69) is 5.32 Å². The van der Waals surface area contributed by atoms with E-state index in [1.54, 1.807) is 54.6 Å². The molecule has 2 amide bonds. The minimum absolute atomic E-state index is 0.0110. The number of amides is 2. The highest BCUT2D eigenvalue weighted by molar-refractivity contribution is 7.98. The highest BCUT2D eigenvalue weighted by Gasteiger charge is 2.35. The first kappa shape index (κ1) is 35.4. The monoisotopic (exact) mass is 697 g/mol. The number of sulfonamides is 1. The summed E-state index contributed by atoms with van der Waals surface area (Å²) in [5, 5.41) is 3.60. The molecular weight excluding hydrogens is 661 g/mol. The summed E-state index contributed by atoms with van der Waals surface area (Å²) in [7, 11) is -4.19. The van der Waals surface area contributed by atoms with Crippen molar-refractivity contribution in [1.82, 2.24) is 10.2 Å². The first-order chi connectivity index (χ1) is 21.9. The molecule has 0 spiro atoms. The Morgan fingerprint density at radius 1 is 0.848 bits per heavy atom. The molecule has 0 aliphatic heterocycles. The van der Waals surface area contributed by atoms with Gasteiger partial charge in [0, 0.05) is 23.9 Å². The first-order valence-electron chi connectivity index (χ1n) is 14.7. The molecule has 1 N–H and O–H groups in total. The van der Waals surface area contributed by atoms with Gasteiger partial charge in [-0.15, -0.1) is 11.8 Å². The SMILES string of the molecule is CSc1ccc(S(=O)(=O)N(CC(=O)N(Cc2ccc(Cl)c(Cl)c2)[C@H](Cc2ccccc2)C(=O)NC(C)C)c2ccc(C)cc2)cc1. The number of halogens is 2. The number of carbonyl (C=O) groups excluding carboxylic acids is 2. The number of benzene rings is 4. The second kappa shape index (κ2) is 15.9. The van der Waals surface area contributed by atoms with Gasteiger partial charge in [-0.1, -0.05) is 77.3 Å². The van der Waals surface area contributed by atoms with Crippen LogP contribution in [0, 0.1) is 6.92 Å². The van der Waals surface area contributed by atoms with Gasteiger partial charge in [-0.2, -0.15) is 0 Å². The number of rotatable bonds is 13. The zero-order valence-corrected chi connectivity index (χ0v) is 29.3. The summed E-state index contributed by atoms with van der Waals surface area (Å²) in [6.07, 6.45) is 2.12. The molecule has 0 bridgehead atoms. The third kappa shape index (κ3) is 9.06. The van der Waals surface area contributed by atoms with Crippen molar-refractivity contribution in [1.29, 1.82) is 0 Å². The van der Waals surface area contributed by atoms with Crippen molar-refractivity contribution >= 4 is 62.5 Å². The lowest BCUT2D eigenvalue weighted by Gasteiger charge is -2.34. The molecule has 0 fully saturated rings. The molecule has 0 radical (unpaired) electrons. The highest BCUT2D eigenvalue weighted by Crippen LogP contribution is 2.28. The maximum Gasteiger partial charge on any atom is 0.264 e. The lowest BCUT2D eigenvalue weighted by Crippen LogP contribution is -2.54. The molecule has 0 aliphatic carbocycles. The number of carbonyl (C=O) groups is 2. The number of hydrogen-bond acceptors (Lipinski definition) is 5.